The van der Waals surface area contributed by atoms with E-state index in [2.05, 4.69) is 10.3 Å². The summed E-state index contributed by atoms with van der Waals surface area (Å²) < 4.78 is 5.53. The summed E-state index contributed by atoms with van der Waals surface area (Å²) >= 11 is 0. The van der Waals surface area contributed by atoms with Crippen molar-refractivity contribution in [2.75, 3.05) is 5.32 Å². The highest BCUT2D eigenvalue weighted by molar-refractivity contribution is 5.92. The number of carbonyl (C=O) groups excluding carboxylic acids is 1. The molecule has 0 spiro atoms. The van der Waals surface area contributed by atoms with E-state index in [9.17, 15) is 4.79 Å². The Hall–Kier alpha value is -1.88. The molecule has 0 aliphatic rings. The molecule has 2 aromatic rings. The normalized spacial score (nSPS) is 12.6. The van der Waals surface area contributed by atoms with Crippen molar-refractivity contribution in [3.05, 3.63) is 24.1 Å². The predicted octanol–water partition coefficient (Wildman–Crippen LogP) is 2.85. The van der Waals surface area contributed by atoms with E-state index in [0.717, 1.165) is 36.0 Å². The molecule has 0 radical (unpaired) electrons. The molecule has 1 aromatic carbocycles. The Morgan fingerprint density at radius 2 is 2.30 bits per heavy atom. The number of fused-ring (bicyclic) bond motifs is 1. The number of benzene rings is 1. The summed E-state index contributed by atoms with van der Waals surface area (Å²) in [5.74, 6) is 0.713. The summed E-state index contributed by atoms with van der Waals surface area (Å²) in [7, 11) is 0. The van der Waals surface area contributed by atoms with Gasteiger partial charge < -0.3 is 15.5 Å². The zero-order chi connectivity index (χ0) is 14.5. The van der Waals surface area contributed by atoms with Crippen LogP contribution in [-0.2, 0) is 11.2 Å². The summed E-state index contributed by atoms with van der Waals surface area (Å²) in [6.45, 7) is 3.94. The maximum Gasteiger partial charge on any atom is 0.224 e. The van der Waals surface area contributed by atoms with Gasteiger partial charge in [0.2, 0.25) is 5.91 Å². The van der Waals surface area contributed by atoms with E-state index < -0.39 is 0 Å². The van der Waals surface area contributed by atoms with E-state index in [-0.39, 0.29) is 11.9 Å². The number of aryl methyl sites for hydroxylation is 1. The minimum atomic E-state index is 0.00390. The van der Waals surface area contributed by atoms with Crippen LogP contribution >= 0.6 is 0 Å². The first-order valence-corrected chi connectivity index (χ1v) is 7.03. The van der Waals surface area contributed by atoms with Crippen LogP contribution in [0.5, 0.6) is 0 Å². The van der Waals surface area contributed by atoms with Gasteiger partial charge in [0.15, 0.2) is 11.5 Å². The highest BCUT2D eigenvalue weighted by Crippen LogP contribution is 2.20. The van der Waals surface area contributed by atoms with Crippen LogP contribution < -0.4 is 11.1 Å². The summed E-state index contributed by atoms with van der Waals surface area (Å²) in [6.07, 6.45) is 2.90. The summed E-state index contributed by atoms with van der Waals surface area (Å²) in [6, 6.07) is 5.64. The van der Waals surface area contributed by atoms with Crippen LogP contribution in [0.2, 0.25) is 0 Å². The first kappa shape index (κ1) is 14.5. The molecule has 1 heterocycles. The van der Waals surface area contributed by atoms with Gasteiger partial charge in [-0.15, -0.1) is 0 Å². The van der Waals surface area contributed by atoms with Crippen LogP contribution in [0.1, 0.15) is 39.0 Å². The van der Waals surface area contributed by atoms with Crippen molar-refractivity contribution in [3.8, 4) is 0 Å². The highest BCUT2D eigenvalue weighted by atomic mass is 16.3. The molecule has 1 amide bonds. The van der Waals surface area contributed by atoms with E-state index in [1.165, 1.54) is 0 Å². The molecule has 2 rings (SSSR count). The Kier molecular flexibility index (Phi) is 4.74. The largest absolute Gasteiger partial charge is 0.441 e. The molecular weight excluding hydrogens is 254 g/mol. The minimum Gasteiger partial charge on any atom is -0.441 e. The lowest BCUT2D eigenvalue weighted by Crippen LogP contribution is -2.16. The summed E-state index contributed by atoms with van der Waals surface area (Å²) in [4.78, 5) is 16.1. The van der Waals surface area contributed by atoms with Gasteiger partial charge in [0.05, 0.1) is 0 Å². The fourth-order valence-corrected chi connectivity index (χ4v) is 2.01. The van der Waals surface area contributed by atoms with E-state index in [0.29, 0.717) is 12.3 Å². The Balaban J connectivity index is 1.97. The van der Waals surface area contributed by atoms with Crippen molar-refractivity contribution in [1.29, 1.82) is 0 Å². The molecule has 0 aliphatic carbocycles. The molecule has 0 saturated carbocycles. The lowest BCUT2D eigenvalue weighted by atomic mass is 10.1. The molecule has 0 fully saturated rings. The Morgan fingerprint density at radius 1 is 1.50 bits per heavy atom. The average Bonchev–Trinajstić information content (AvgIpc) is 2.80. The second kappa shape index (κ2) is 6.52. The fourth-order valence-electron chi connectivity index (χ4n) is 2.01. The molecule has 108 valence electrons. The molecule has 5 nitrogen and oxygen atoms in total. The van der Waals surface area contributed by atoms with Crippen molar-refractivity contribution < 1.29 is 9.21 Å². The van der Waals surface area contributed by atoms with Gasteiger partial charge in [-0.2, -0.15) is 0 Å². The quantitative estimate of drug-likeness (QED) is 0.849. The summed E-state index contributed by atoms with van der Waals surface area (Å²) in [5.41, 5.74) is 7.93. The number of carbonyl (C=O) groups is 1. The van der Waals surface area contributed by atoms with Crippen LogP contribution in [0.15, 0.2) is 22.6 Å². The average molecular weight is 275 g/mol. The zero-order valence-corrected chi connectivity index (χ0v) is 12.0. The second-order valence-corrected chi connectivity index (χ2v) is 5.06. The lowest BCUT2D eigenvalue weighted by Gasteiger charge is -2.06. The third kappa shape index (κ3) is 3.81. The number of anilines is 1. The van der Waals surface area contributed by atoms with Crippen molar-refractivity contribution in [2.45, 2.75) is 45.6 Å². The Bertz CT molecular complexity index is 590. The maximum absolute atomic E-state index is 11.8. The first-order chi connectivity index (χ1) is 9.58. The number of rotatable bonds is 6. The highest BCUT2D eigenvalue weighted by Gasteiger charge is 2.07. The van der Waals surface area contributed by atoms with Gasteiger partial charge in [-0.1, -0.05) is 6.92 Å². The van der Waals surface area contributed by atoms with Gasteiger partial charge in [0, 0.05) is 24.6 Å². The van der Waals surface area contributed by atoms with E-state index >= 15 is 0 Å². The molecule has 1 atom stereocenters. The van der Waals surface area contributed by atoms with Crippen LogP contribution in [0, 0.1) is 0 Å². The molecular formula is C15H21N3O2. The molecule has 20 heavy (non-hydrogen) atoms. The molecule has 1 unspecified atom stereocenters. The zero-order valence-electron chi connectivity index (χ0n) is 12.0. The second-order valence-electron chi connectivity index (χ2n) is 5.06. The van der Waals surface area contributed by atoms with Gasteiger partial charge >= 0.3 is 0 Å². The summed E-state index contributed by atoms with van der Waals surface area (Å²) in [5, 5.41) is 2.87. The van der Waals surface area contributed by atoms with Crippen molar-refractivity contribution in [3.63, 3.8) is 0 Å². The third-order valence-electron chi connectivity index (χ3n) is 3.08. The van der Waals surface area contributed by atoms with E-state index in [1.54, 1.807) is 0 Å². The van der Waals surface area contributed by atoms with Gasteiger partial charge in [-0.05, 0) is 38.0 Å². The van der Waals surface area contributed by atoms with Crippen LogP contribution in [0.3, 0.4) is 0 Å². The first-order valence-electron chi connectivity index (χ1n) is 7.03. The maximum atomic E-state index is 11.8. The smallest absolute Gasteiger partial charge is 0.224 e. The Morgan fingerprint density at radius 3 is 3.00 bits per heavy atom. The molecule has 0 bridgehead atoms. The number of nitrogens with zero attached hydrogens (tertiary/aromatic N) is 1. The van der Waals surface area contributed by atoms with E-state index in [4.69, 9.17) is 10.2 Å². The molecule has 0 aliphatic heterocycles. The molecule has 3 N–H and O–H groups in total. The topological polar surface area (TPSA) is 81.2 Å². The van der Waals surface area contributed by atoms with Crippen LogP contribution in [0.4, 0.5) is 5.69 Å². The van der Waals surface area contributed by atoms with Crippen LogP contribution in [0.25, 0.3) is 11.1 Å². The monoisotopic (exact) mass is 275 g/mol. The fraction of sp³-hybridized carbons (Fsp3) is 0.467. The molecule has 0 saturated heterocycles. The molecule has 1 aromatic heterocycles. The number of nitrogens with two attached hydrogens (primary N) is 1. The van der Waals surface area contributed by atoms with Gasteiger partial charge in [0.1, 0.15) is 5.52 Å². The number of amides is 1. The van der Waals surface area contributed by atoms with Crippen molar-refractivity contribution in [2.24, 2.45) is 5.73 Å². The SMILES string of the molecule is CCc1nc2cc(NC(=O)CCCC(C)N)ccc2o1. The number of oxazole rings is 1. The van der Waals surface area contributed by atoms with Gasteiger partial charge in [-0.25, -0.2) is 4.98 Å². The van der Waals surface area contributed by atoms with Gasteiger partial charge in [-0.3, -0.25) is 4.79 Å². The molecule has 5 heteroatoms. The third-order valence-corrected chi connectivity index (χ3v) is 3.08. The Labute approximate surface area is 118 Å². The number of hydrogen-bond acceptors (Lipinski definition) is 4. The lowest BCUT2D eigenvalue weighted by molar-refractivity contribution is -0.116. The number of aromatic nitrogens is 1. The van der Waals surface area contributed by atoms with E-state index in [1.807, 2.05) is 32.0 Å². The van der Waals surface area contributed by atoms with Crippen molar-refractivity contribution >= 4 is 22.7 Å². The predicted molar refractivity (Wildman–Crippen MR) is 79.5 cm³/mol. The van der Waals surface area contributed by atoms with Crippen LogP contribution in [-0.4, -0.2) is 16.9 Å². The minimum absolute atomic E-state index is 0.00390. The standard InChI is InChI=1S/C15H21N3O2/c1-3-15-18-12-9-11(7-8-13(12)20-15)17-14(19)6-4-5-10(2)16/h7-10H,3-6,16H2,1-2H3,(H,17,19). The number of hydrogen-bond donors (Lipinski definition) is 2. The van der Waals surface area contributed by atoms with Gasteiger partial charge in [0.25, 0.3) is 0 Å². The van der Waals surface area contributed by atoms with Crippen molar-refractivity contribution in [1.82, 2.24) is 4.98 Å². The number of nitrogens with one attached hydrogen (secondary N) is 1.